The Labute approximate surface area is 250 Å². The molecule has 3 atom stereocenters. The van der Waals surface area contributed by atoms with Crippen molar-refractivity contribution >= 4 is 23.5 Å². The molecule has 4 fully saturated rings. The van der Waals surface area contributed by atoms with E-state index in [1.807, 2.05) is 19.9 Å². The highest BCUT2D eigenvalue weighted by Gasteiger charge is 2.49. The van der Waals surface area contributed by atoms with Gasteiger partial charge in [-0.1, -0.05) is 27.7 Å². The molecule has 230 valence electrons. The van der Waals surface area contributed by atoms with Crippen molar-refractivity contribution in [1.82, 2.24) is 16.0 Å². The minimum absolute atomic E-state index is 0.0172. The maximum absolute atomic E-state index is 13.6. The quantitative estimate of drug-likeness (QED) is 0.331. The minimum atomic E-state index is -0.761. The van der Waals surface area contributed by atoms with Gasteiger partial charge in [0.1, 0.15) is 17.8 Å². The number of ketones is 1. The highest BCUT2D eigenvalue weighted by atomic mass is 16.5. The summed E-state index contributed by atoms with van der Waals surface area (Å²) in [5, 5.41) is 9.35. The first-order valence-corrected chi connectivity index (χ1v) is 16.1. The third-order valence-electron chi connectivity index (χ3n) is 10.1. The largest absolute Gasteiger partial charge is 0.497 e. The molecule has 1 aromatic rings. The third-order valence-corrected chi connectivity index (χ3v) is 10.1. The van der Waals surface area contributed by atoms with E-state index < -0.39 is 12.1 Å². The molecule has 8 heteroatoms. The van der Waals surface area contributed by atoms with Crippen molar-refractivity contribution in [3.63, 3.8) is 0 Å². The van der Waals surface area contributed by atoms with E-state index in [1.54, 1.807) is 19.2 Å². The smallest absolute Gasteiger partial charge is 0.243 e. The van der Waals surface area contributed by atoms with Gasteiger partial charge in [0, 0.05) is 30.4 Å². The fourth-order valence-electron chi connectivity index (χ4n) is 8.47. The van der Waals surface area contributed by atoms with Gasteiger partial charge < -0.3 is 20.7 Å². The number of amides is 3. The number of methoxy groups -OCH3 is 1. The van der Waals surface area contributed by atoms with Gasteiger partial charge in [-0.05, 0) is 104 Å². The summed E-state index contributed by atoms with van der Waals surface area (Å²) in [4.78, 5) is 53.1. The molecule has 5 aliphatic rings. The first kappa shape index (κ1) is 30.6. The van der Waals surface area contributed by atoms with E-state index in [-0.39, 0.29) is 60.1 Å². The molecule has 1 unspecified atom stereocenters. The molecule has 42 heavy (non-hydrogen) atoms. The van der Waals surface area contributed by atoms with E-state index in [0.717, 1.165) is 17.4 Å². The molecule has 0 radical (unpaired) electrons. The van der Waals surface area contributed by atoms with Gasteiger partial charge in [0.2, 0.25) is 17.7 Å². The summed E-state index contributed by atoms with van der Waals surface area (Å²) >= 11 is 0. The van der Waals surface area contributed by atoms with Crippen LogP contribution in [0.5, 0.6) is 5.75 Å². The number of carbonyl (C=O) groups excluding carboxylic acids is 4. The number of nitrogens with one attached hydrogen (secondary N) is 3. The molecule has 6 rings (SSSR count). The van der Waals surface area contributed by atoms with Gasteiger partial charge in [0.15, 0.2) is 5.78 Å². The van der Waals surface area contributed by atoms with E-state index in [0.29, 0.717) is 36.0 Å². The SMILES string of the molecule is COc1ccc2c(c1)C(CC(=O)N[C@@H](CC(C)C)C(=O)N[C@H](CC(C)C)C(=O)NC1C3CC4CC(C3)CC1C4)CC2=O. The molecule has 3 N–H and O–H groups in total. The molecule has 0 heterocycles. The van der Waals surface area contributed by atoms with Crippen LogP contribution in [0.2, 0.25) is 0 Å². The summed E-state index contributed by atoms with van der Waals surface area (Å²) in [6, 6.07) is 4.14. The molecule has 4 bridgehead atoms. The molecule has 0 aromatic heterocycles. The number of hydrogen-bond donors (Lipinski definition) is 3. The van der Waals surface area contributed by atoms with Crippen molar-refractivity contribution in [2.75, 3.05) is 7.11 Å². The Kier molecular flexibility index (Phi) is 9.28. The van der Waals surface area contributed by atoms with Crippen molar-refractivity contribution in [2.24, 2.45) is 35.5 Å². The first-order valence-electron chi connectivity index (χ1n) is 16.1. The average molecular weight is 580 g/mol. The van der Waals surface area contributed by atoms with Crippen LogP contribution < -0.4 is 20.7 Å². The van der Waals surface area contributed by atoms with Gasteiger partial charge >= 0.3 is 0 Å². The second-order valence-corrected chi connectivity index (χ2v) is 14.4. The molecular formula is C34H49N3O5. The van der Waals surface area contributed by atoms with Crippen LogP contribution >= 0.6 is 0 Å². The summed E-state index contributed by atoms with van der Waals surface area (Å²) in [6.45, 7) is 8.13. The fraction of sp³-hybridized carbons (Fsp3) is 0.706. The minimum Gasteiger partial charge on any atom is -0.497 e. The molecule has 0 spiro atoms. The topological polar surface area (TPSA) is 114 Å². The maximum Gasteiger partial charge on any atom is 0.243 e. The predicted octanol–water partition coefficient (Wildman–Crippen LogP) is 4.76. The Hall–Kier alpha value is -2.90. The van der Waals surface area contributed by atoms with E-state index >= 15 is 0 Å². The number of ether oxygens (including phenoxy) is 1. The van der Waals surface area contributed by atoms with Crippen LogP contribution in [0.1, 0.15) is 107 Å². The molecular weight excluding hydrogens is 530 g/mol. The lowest BCUT2D eigenvalue weighted by Crippen LogP contribution is -2.60. The summed E-state index contributed by atoms with van der Waals surface area (Å²) in [6.07, 6.45) is 7.58. The van der Waals surface area contributed by atoms with Crippen LogP contribution in [0.25, 0.3) is 0 Å². The highest BCUT2D eigenvalue weighted by molar-refractivity contribution is 6.02. The summed E-state index contributed by atoms with van der Waals surface area (Å²) < 4.78 is 5.33. The van der Waals surface area contributed by atoms with Crippen molar-refractivity contribution in [1.29, 1.82) is 0 Å². The van der Waals surface area contributed by atoms with Crippen molar-refractivity contribution in [2.45, 2.75) is 110 Å². The number of carbonyl (C=O) groups is 4. The Morgan fingerprint density at radius 2 is 1.45 bits per heavy atom. The van der Waals surface area contributed by atoms with Gasteiger partial charge in [-0.25, -0.2) is 0 Å². The second-order valence-electron chi connectivity index (χ2n) is 14.4. The molecule has 5 aliphatic carbocycles. The lowest BCUT2D eigenvalue weighted by Gasteiger charge is -2.54. The molecule has 8 nitrogen and oxygen atoms in total. The van der Waals surface area contributed by atoms with Gasteiger partial charge in [-0.3, -0.25) is 19.2 Å². The van der Waals surface area contributed by atoms with Gasteiger partial charge in [0.05, 0.1) is 7.11 Å². The van der Waals surface area contributed by atoms with E-state index in [2.05, 4.69) is 29.8 Å². The zero-order valence-corrected chi connectivity index (χ0v) is 25.9. The van der Waals surface area contributed by atoms with Crippen molar-refractivity contribution in [3.8, 4) is 5.75 Å². The van der Waals surface area contributed by atoms with Gasteiger partial charge in [-0.15, -0.1) is 0 Å². The second kappa shape index (κ2) is 12.8. The van der Waals surface area contributed by atoms with E-state index in [1.165, 1.54) is 32.1 Å². The molecule has 0 aliphatic heterocycles. The Balaban J connectivity index is 1.23. The fourth-order valence-corrected chi connectivity index (χ4v) is 8.47. The van der Waals surface area contributed by atoms with Crippen molar-refractivity contribution < 1.29 is 23.9 Å². The zero-order valence-electron chi connectivity index (χ0n) is 25.9. The van der Waals surface area contributed by atoms with Crippen LogP contribution in [0.3, 0.4) is 0 Å². The number of benzene rings is 1. The van der Waals surface area contributed by atoms with Gasteiger partial charge in [-0.2, -0.15) is 0 Å². The Morgan fingerprint density at radius 1 is 0.857 bits per heavy atom. The van der Waals surface area contributed by atoms with E-state index in [9.17, 15) is 19.2 Å². The van der Waals surface area contributed by atoms with Crippen molar-refractivity contribution in [3.05, 3.63) is 29.3 Å². The summed E-state index contributed by atoms with van der Waals surface area (Å²) in [5.74, 6) is 2.84. The van der Waals surface area contributed by atoms with Gasteiger partial charge in [0.25, 0.3) is 0 Å². The molecule has 0 saturated heterocycles. The number of rotatable bonds is 12. The van der Waals surface area contributed by atoms with E-state index in [4.69, 9.17) is 4.74 Å². The number of fused-ring (bicyclic) bond motifs is 1. The number of hydrogen-bond acceptors (Lipinski definition) is 5. The predicted molar refractivity (Wildman–Crippen MR) is 161 cm³/mol. The van der Waals surface area contributed by atoms with Crippen LogP contribution in [0, 0.1) is 35.5 Å². The standard InChI is InChI=1S/C34H49N3O5/c1-18(2)8-28(35-31(39)16-22-15-30(38)26-7-6-25(42-5)17-27(22)26)33(40)36-29(9-19(3)4)34(41)37-32-23-11-20-10-21(13-23)14-24(32)12-20/h6-7,17-24,28-29,32H,8-16H2,1-5H3,(H,35,39)(H,36,40)(H,37,41)/t20?,21?,22?,23?,24?,28-,29+,32?/m0/s1. The third kappa shape index (κ3) is 6.84. The van der Waals surface area contributed by atoms with Crippen LogP contribution in [-0.4, -0.2) is 48.7 Å². The molecule has 1 aromatic carbocycles. The highest BCUT2D eigenvalue weighted by Crippen LogP contribution is 2.53. The lowest BCUT2D eigenvalue weighted by atomic mass is 9.54. The average Bonchev–Trinajstić information content (AvgIpc) is 3.22. The summed E-state index contributed by atoms with van der Waals surface area (Å²) in [5.41, 5.74) is 1.45. The Morgan fingerprint density at radius 3 is 2.02 bits per heavy atom. The monoisotopic (exact) mass is 579 g/mol. The number of Topliss-reactive ketones (excluding diaryl/α,β-unsaturated/α-hetero) is 1. The lowest BCUT2D eigenvalue weighted by molar-refractivity contribution is -0.134. The first-order chi connectivity index (χ1) is 20.0. The molecule has 4 saturated carbocycles. The zero-order chi connectivity index (χ0) is 30.1. The normalized spacial score (nSPS) is 28.9. The summed E-state index contributed by atoms with van der Waals surface area (Å²) in [7, 11) is 1.57. The molecule has 3 amide bonds. The van der Waals surface area contributed by atoms with Crippen LogP contribution in [-0.2, 0) is 14.4 Å². The maximum atomic E-state index is 13.6. The van der Waals surface area contributed by atoms with Crippen LogP contribution in [0.15, 0.2) is 18.2 Å². The Bertz CT molecular complexity index is 1170. The van der Waals surface area contributed by atoms with Crippen LogP contribution in [0.4, 0.5) is 0 Å².